The zero-order valence-electron chi connectivity index (χ0n) is 11.8. The van der Waals surface area contributed by atoms with Gasteiger partial charge < -0.3 is 9.30 Å². The van der Waals surface area contributed by atoms with Gasteiger partial charge in [0.25, 0.3) is 5.91 Å². The van der Waals surface area contributed by atoms with Crippen LogP contribution in [0.3, 0.4) is 0 Å². The van der Waals surface area contributed by atoms with E-state index < -0.39 is 0 Å². The van der Waals surface area contributed by atoms with Crippen molar-refractivity contribution in [1.82, 2.24) is 14.3 Å². The number of fused-ring (bicyclic) bond motifs is 2. The van der Waals surface area contributed by atoms with Gasteiger partial charge in [0.2, 0.25) is 0 Å². The molecule has 3 aromatic rings. The Balaban J connectivity index is 1.54. The van der Waals surface area contributed by atoms with Crippen molar-refractivity contribution in [1.29, 1.82) is 0 Å². The zero-order valence-corrected chi connectivity index (χ0v) is 13.4. The topological polar surface area (TPSA) is 37.6 Å². The van der Waals surface area contributed by atoms with E-state index in [0.717, 1.165) is 28.9 Å². The smallest absolute Gasteiger partial charge is 0.255 e. The average molecular weight is 356 g/mol. The van der Waals surface area contributed by atoms with Crippen LogP contribution in [0, 0.1) is 0 Å². The standard InChI is InChI=1S/C17H14BrN3O/c18-16-13-5-1-2-6-14(13)17(22)21(16)10-8-12-11-20-9-4-3-7-15(20)19-12/h1-7,9,11,16H,8,10H2. The summed E-state index contributed by atoms with van der Waals surface area (Å²) in [6, 6.07) is 13.7. The molecule has 4 nitrogen and oxygen atoms in total. The molecule has 0 aliphatic carbocycles. The molecule has 0 saturated heterocycles. The number of pyridine rings is 1. The molecule has 0 radical (unpaired) electrons. The van der Waals surface area contributed by atoms with Gasteiger partial charge in [0.05, 0.1) is 5.69 Å². The van der Waals surface area contributed by atoms with Gasteiger partial charge in [-0.05, 0) is 23.8 Å². The van der Waals surface area contributed by atoms with Crippen LogP contribution in [0.4, 0.5) is 0 Å². The predicted octanol–water partition coefficient (Wildman–Crippen LogP) is 3.43. The Morgan fingerprint density at radius 2 is 1.95 bits per heavy atom. The summed E-state index contributed by atoms with van der Waals surface area (Å²) < 4.78 is 2.00. The summed E-state index contributed by atoms with van der Waals surface area (Å²) in [6.45, 7) is 0.646. The second-order valence-corrected chi connectivity index (χ2v) is 6.24. The van der Waals surface area contributed by atoms with Crippen molar-refractivity contribution in [2.75, 3.05) is 6.54 Å². The lowest BCUT2D eigenvalue weighted by atomic mass is 10.1. The fraction of sp³-hybridized carbons (Fsp3) is 0.176. The molecule has 0 bridgehead atoms. The molecule has 0 saturated carbocycles. The van der Waals surface area contributed by atoms with Crippen molar-refractivity contribution in [2.45, 2.75) is 11.4 Å². The van der Waals surface area contributed by atoms with E-state index in [1.165, 1.54) is 0 Å². The summed E-state index contributed by atoms with van der Waals surface area (Å²) in [6.07, 6.45) is 4.74. The third-order valence-corrected chi connectivity index (χ3v) is 4.99. The molecule has 1 aromatic carbocycles. The quantitative estimate of drug-likeness (QED) is 0.533. The van der Waals surface area contributed by atoms with Gasteiger partial charge in [-0.2, -0.15) is 0 Å². The highest BCUT2D eigenvalue weighted by molar-refractivity contribution is 9.09. The fourth-order valence-corrected chi connectivity index (χ4v) is 3.67. The maximum atomic E-state index is 12.5. The number of aromatic nitrogens is 2. The summed E-state index contributed by atoms with van der Waals surface area (Å²) in [5.74, 6) is 0.0845. The number of imidazole rings is 1. The lowest BCUT2D eigenvalue weighted by Crippen LogP contribution is -2.27. The molecule has 1 aliphatic heterocycles. The molecular weight excluding hydrogens is 342 g/mol. The first-order chi connectivity index (χ1) is 10.7. The number of halogens is 1. The second-order valence-electron chi connectivity index (χ2n) is 5.37. The van der Waals surface area contributed by atoms with Gasteiger partial charge in [-0.25, -0.2) is 4.98 Å². The van der Waals surface area contributed by atoms with Crippen LogP contribution >= 0.6 is 15.9 Å². The monoisotopic (exact) mass is 355 g/mol. The van der Waals surface area contributed by atoms with Crippen LogP contribution in [-0.2, 0) is 6.42 Å². The highest BCUT2D eigenvalue weighted by atomic mass is 79.9. The number of carbonyl (C=O) groups excluding carboxylic acids is 1. The Morgan fingerprint density at radius 1 is 1.14 bits per heavy atom. The minimum Gasteiger partial charge on any atom is -0.321 e. The Labute approximate surface area is 136 Å². The maximum absolute atomic E-state index is 12.5. The minimum atomic E-state index is -0.0479. The Bertz CT molecular complexity index is 825. The average Bonchev–Trinajstić information content (AvgIpc) is 3.06. The molecule has 1 aliphatic rings. The summed E-state index contributed by atoms with van der Waals surface area (Å²) in [4.78, 5) is 18.9. The third kappa shape index (κ3) is 2.13. The molecule has 5 heteroatoms. The van der Waals surface area contributed by atoms with Crippen LogP contribution in [0.1, 0.15) is 26.6 Å². The van der Waals surface area contributed by atoms with Crippen molar-refractivity contribution in [2.24, 2.45) is 0 Å². The van der Waals surface area contributed by atoms with Gasteiger partial charge >= 0.3 is 0 Å². The van der Waals surface area contributed by atoms with Gasteiger partial charge in [0, 0.05) is 30.9 Å². The number of carbonyl (C=O) groups is 1. The summed E-state index contributed by atoms with van der Waals surface area (Å²) in [7, 11) is 0. The number of amides is 1. The van der Waals surface area contributed by atoms with E-state index in [9.17, 15) is 4.79 Å². The van der Waals surface area contributed by atoms with E-state index in [0.29, 0.717) is 6.54 Å². The molecule has 1 atom stereocenters. The maximum Gasteiger partial charge on any atom is 0.255 e. The second kappa shape index (κ2) is 5.25. The van der Waals surface area contributed by atoms with Crippen LogP contribution in [0.5, 0.6) is 0 Å². The highest BCUT2D eigenvalue weighted by Crippen LogP contribution is 2.37. The van der Waals surface area contributed by atoms with Gasteiger partial charge in [-0.1, -0.05) is 40.2 Å². The van der Waals surface area contributed by atoms with Crippen molar-refractivity contribution < 1.29 is 4.79 Å². The van der Waals surface area contributed by atoms with Crippen LogP contribution < -0.4 is 0 Å². The van der Waals surface area contributed by atoms with Crippen molar-refractivity contribution >= 4 is 27.5 Å². The minimum absolute atomic E-state index is 0.0479. The van der Waals surface area contributed by atoms with E-state index >= 15 is 0 Å². The molecule has 110 valence electrons. The molecule has 0 N–H and O–H groups in total. The molecular formula is C17H14BrN3O. The fourth-order valence-electron chi connectivity index (χ4n) is 2.88. The lowest BCUT2D eigenvalue weighted by Gasteiger charge is -2.19. The van der Waals surface area contributed by atoms with Crippen LogP contribution in [-0.4, -0.2) is 26.7 Å². The zero-order chi connectivity index (χ0) is 15.1. The van der Waals surface area contributed by atoms with E-state index in [1.54, 1.807) is 0 Å². The molecule has 4 rings (SSSR count). The highest BCUT2D eigenvalue weighted by Gasteiger charge is 2.34. The summed E-state index contributed by atoms with van der Waals surface area (Å²) >= 11 is 3.63. The Hall–Kier alpha value is -2.14. The SMILES string of the molecule is O=C1c2ccccc2C(Br)N1CCc1cn2ccccc2n1. The first-order valence-electron chi connectivity index (χ1n) is 7.20. The molecule has 22 heavy (non-hydrogen) atoms. The predicted molar refractivity (Wildman–Crippen MR) is 88.0 cm³/mol. The van der Waals surface area contributed by atoms with Crippen molar-refractivity contribution in [3.8, 4) is 0 Å². The molecule has 0 fully saturated rings. The van der Waals surface area contributed by atoms with Crippen LogP contribution in [0.25, 0.3) is 5.65 Å². The van der Waals surface area contributed by atoms with Gasteiger partial charge in [-0.3, -0.25) is 4.79 Å². The van der Waals surface area contributed by atoms with Crippen molar-refractivity contribution in [3.63, 3.8) is 0 Å². The van der Waals surface area contributed by atoms with E-state index in [-0.39, 0.29) is 10.9 Å². The molecule has 1 unspecified atom stereocenters. The first kappa shape index (κ1) is 13.5. The molecule has 3 heterocycles. The number of alkyl halides is 1. The molecule has 1 amide bonds. The lowest BCUT2D eigenvalue weighted by molar-refractivity contribution is 0.0778. The Kier molecular flexibility index (Phi) is 3.22. The molecule has 0 spiro atoms. The van der Waals surface area contributed by atoms with Gasteiger partial charge in [0.15, 0.2) is 0 Å². The molecule has 2 aromatic heterocycles. The third-order valence-electron chi connectivity index (χ3n) is 4.01. The number of rotatable bonds is 3. The van der Waals surface area contributed by atoms with E-state index in [2.05, 4.69) is 20.9 Å². The Morgan fingerprint density at radius 3 is 2.77 bits per heavy atom. The van der Waals surface area contributed by atoms with Crippen LogP contribution in [0.2, 0.25) is 0 Å². The van der Waals surface area contributed by atoms with Crippen molar-refractivity contribution in [3.05, 3.63) is 71.7 Å². The van der Waals surface area contributed by atoms with E-state index in [1.807, 2.05) is 64.2 Å². The van der Waals surface area contributed by atoms with Gasteiger partial charge in [-0.15, -0.1) is 0 Å². The normalized spacial score (nSPS) is 17.2. The van der Waals surface area contributed by atoms with Gasteiger partial charge in [0.1, 0.15) is 10.6 Å². The number of nitrogens with zero attached hydrogens (tertiary/aromatic N) is 3. The first-order valence-corrected chi connectivity index (χ1v) is 8.12. The number of hydrogen-bond donors (Lipinski definition) is 0. The summed E-state index contributed by atoms with van der Waals surface area (Å²) in [5.41, 5.74) is 3.76. The number of hydrogen-bond acceptors (Lipinski definition) is 2. The largest absolute Gasteiger partial charge is 0.321 e. The summed E-state index contributed by atoms with van der Waals surface area (Å²) in [5, 5.41) is 0. The van der Waals surface area contributed by atoms with E-state index in [4.69, 9.17) is 0 Å². The number of benzene rings is 1. The van der Waals surface area contributed by atoms with Crippen LogP contribution in [0.15, 0.2) is 54.9 Å².